The molecule has 0 aliphatic heterocycles. The van der Waals surface area contributed by atoms with Crippen LogP contribution in [0.5, 0.6) is 0 Å². The normalized spacial score (nSPS) is 12.1. The molecular formula is C19H28N2O5S. The zero-order chi connectivity index (χ0) is 20.3. The van der Waals surface area contributed by atoms with Crippen molar-refractivity contribution in [2.75, 3.05) is 18.8 Å². The molecule has 150 valence electrons. The highest BCUT2D eigenvalue weighted by Crippen LogP contribution is 2.26. The highest BCUT2D eigenvalue weighted by Gasteiger charge is 2.36. The van der Waals surface area contributed by atoms with Crippen molar-refractivity contribution in [2.24, 2.45) is 5.41 Å². The van der Waals surface area contributed by atoms with Crippen molar-refractivity contribution in [3.05, 3.63) is 35.9 Å². The van der Waals surface area contributed by atoms with Gasteiger partial charge in [0.1, 0.15) is 12.7 Å². The molecule has 0 saturated carbocycles. The number of amides is 2. The minimum atomic E-state index is -1.40. The molecular weight excluding hydrogens is 368 g/mol. The van der Waals surface area contributed by atoms with Crippen LogP contribution >= 0.6 is 12.6 Å². The summed E-state index contributed by atoms with van der Waals surface area (Å²) in [6.07, 6.45) is -1.41. The summed E-state index contributed by atoms with van der Waals surface area (Å²) in [5, 5.41) is 15.4. The molecule has 0 spiro atoms. The van der Waals surface area contributed by atoms with Gasteiger partial charge in [0.2, 0.25) is 11.8 Å². The maximum absolute atomic E-state index is 12.1. The van der Waals surface area contributed by atoms with E-state index in [1.54, 1.807) is 13.8 Å². The van der Waals surface area contributed by atoms with Crippen LogP contribution in [0.4, 0.5) is 0 Å². The van der Waals surface area contributed by atoms with Gasteiger partial charge in [0.05, 0.1) is 6.42 Å². The maximum Gasteiger partial charge on any atom is 0.306 e. The van der Waals surface area contributed by atoms with Crippen LogP contribution in [-0.2, 0) is 25.7 Å². The number of aliphatic hydroxyl groups is 1. The van der Waals surface area contributed by atoms with Crippen molar-refractivity contribution in [3.8, 4) is 0 Å². The summed E-state index contributed by atoms with van der Waals surface area (Å²) in [5.41, 5.74) is -0.148. The van der Waals surface area contributed by atoms with Crippen LogP contribution in [0.3, 0.4) is 0 Å². The third-order valence-electron chi connectivity index (χ3n) is 3.92. The number of carbonyl (C=O) groups excluding carboxylic acids is 3. The van der Waals surface area contributed by atoms with Gasteiger partial charge in [-0.15, -0.1) is 0 Å². The number of thiol groups is 1. The van der Waals surface area contributed by atoms with Crippen molar-refractivity contribution in [2.45, 2.75) is 39.4 Å². The lowest BCUT2D eigenvalue weighted by Gasteiger charge is -2.28. The van der Waals surface area contributed by atoms with E-state index in [4.69, 9.17) is 4.74 Å². The molecule has 1 atom stereocenters. The van der Waals surface area contributed by atoms with E-state index in [0.717, 1.165) is 5.56 Å². The van der Waals surface area contributed by atoms with Gasteiger partial charge in [0, 0.05) is 30.7 Å². The molecule has 0 radical (unpaired) electrons. The van der Waals surface area contributed by atoms with Crippen molar-refractivity contribution >= 4 is 30.4 Å². The molecule has 1 aromatic carbocycles. The Labute approximate surface area is 165 Å². The summed E-state index contributed by atoms with van der Waals surface area (Å²) >= 11 is 3.99. The fourth-order valence-electron chi connectivity index (χ4n) is 2.29. The molecule has 7 nitrogen and oxygen atoms in total. The summed E-state index contributed by atoms with van der Waals surface area (Å²) in [6, 6.07) is 9.24. The molecule has 0 fully saturated rings. The Kier molecular flexibility index (Phi) is 9.88. The first-order valence-corrected chi connectivity index (χ1v) is 9.42. The average Bonchev–Trinajstić information content (AvgIpc) is 2.64. The summed E-state index contributed by atoms with van der Waals surface area (Å²) < 4.78 is 5.20. The highest BCUT2D eigenvalue weighted by molar-refractivity contribution is 7.80. The fraction of sp³-hybridized carbons (Fsp3) is 0.526. The third-order valence-corrected chi connectivity index (χ3v) is 4.14. The van der Waals surface area contributed by atoms with Crippen LogP contribution in [0.2, 0.25) is 0 Å². The Morgan fingerprint density at radius 1 is 1.15 bits per heavy atom. The monoisotopic (exact) mass is 396 g/mol. The topological polar surface area (TPSA) is 105 Å². The van der Waals surface area contributed by atoms with Gasteiger partial charge in [-0.05, 0) is 5.56 Å². The fourth-order valence-corrected chi connectivity index (χ4v) is 2.40. The lowest BCUT2D eigenvalue weighted by molar-refractivity contribution is -0.151. The van der Waals surface area contributed by atoms with Crippen molar-refractivity contribution < 1.29 is 24.2 Å². The Morgan fingerprint density at radius 3 is 2.44 bits per heavy atom. The van der Waals surface area contributed by atoms with E-state index in [1.807, 2.05) is 30.3 Å². The van der Waals surface area contributed by atoms with Gasteiger partial charge < -0.3 is 20.5 Å². The number of nitrogens with one attached hydrogen (secondary N) is 2. The van der Waals surface area contributed by atoms with E-state index in [2.05, 4.69) is 23.3 Å². The van der Waals surface area contributed by atoms with Crippen LogP contribution in [0.1, 0.15) is 32.3 Å². The second-order valence-electron chi connectivity index (χ2n) is 6.83. The number of carbonyl (C=O) groups is 3. The van der Waals surface area contributed by atoms with E-state index in [9.17, 15) is 19.5 Å². The van der Waals surface area contributed by atoms with Crippen LogP contribution in [0.15, 0.2) is 30.3 Å². The molecule has 0 unspecified atom stereocenters. The van der Waals surface area contributed by atoms with E-state index in [1.165, 1.54) is 0 Å². The lowest BCUT2D eigenvalue weighted by Crippen LogP contribution is -2.45. The van der Waals surface area contributed by atoms with E-state index in [0.29, 0.717) is 12.3 Å². The molecule has 0 bridgehead atoms. The van der Waals surface area contributed by atoms with Crippen molar-refractivity contribution in [1.29, 1.82) is 0 Å². The Bertz CT molecular complexity index is 622. The number of ether oxygens (including phenoxy) is 1. The van der Waals surface area contributed by atoms with Crippen molar-refractivity contribution in [1.82, 2.24) is 10.6 Å². The largest absolute Gasteiger partial charge is 0.461 e. The quantitative estimate of drug-likeness (QED) is 0.331. The number of esters is 1. The number of hydrogen-bond donors (Lipinski definition) is 4. The van der Waals surface area contributed by atoms with Gasteiger partial charge in [-0.25, -0.2) is 0 Å². The van der Waals surface area contributed by atoms with Gasteiger partial charge in [-0.1, -0.05) is 44.2 Å². The summed E-state index contributed by atoms with van der Waals surface area (Å²) in [6.45, 7) is 3.92. The number of aliphatic hydroxyl groups excluding tert-OH is 1. The van der Waals surface area contributed by atoms with Crippen LogP contribution in [0.25, 0.3) is 0 Å². The van der Waals surface area contributed by atoms with Gasteiger partial charge >= 0.3 is 5.97 Å². The third kappa shape index (κ3) is 8.92. The predicted molar refractivity (Wildman–Crippen MR) is 105 cm³/mol. The van der Waals surface area contributed by atoms with Crippen molar-refractivity contribution in [3.63, 3.8) is 0 Å². The zero-order valence-corrected chi connectivity index (χ0v) is 16.6. The minimum Gasteiger partial charge on any atom is -0.461 e. The summed E-state index contributed by atoms with van der Waals surface area (Å²) in [4.78, 5) is 35.6. The van der Waals surface area contributed by atoms with Crippen LogP contribution < -0.4 is 10.6 Å². The lowest BCUT2D eigenvalue weighted by atomic mass is 9.82. The number of hydrogen-bond acceptors (Lipinski definition) is 6. The van der Waals surface area contributed by atoms with Gasteiger partial charge in [-0.2, -0.15) is 12.6 Å². The standard InChI is InChI=1S/C19H28N2O5S/c1-19(2,12-16(23)26-13-14-6-4-3-5-7-14)17(24)18(25)21-9-8-15(22)20-10-11-27/h3-7,17,24,27H,8-13H2,1-2H3,(H,20,22)(H,21,25)/t17-/m0/s1. The van der Waals surface area contributed by atoms with E-state index in [-0.39, 0.29) is 31.9 Å². The molecule has 0 heterocycles. The molecule has 8 heteroatoms. The molecule has 0 saturated heterocycles. The number of benzene rings is 1. The van der Waals surface area contributed by atoms with Gasteiger partial charge in [0.15, 0.2) is 0 Å². The smallest absolute Gasteiger partial charge is 0.306 e. The molecule has 27 heavy (non-hydrogen) atoms. The van der Waals surface area contributed by atoms with E-state index < -0.39 is 23.4 Å². The Balaban J connectivity index is 2.39. The van der Waals surface area contributed by atoms with Crippen LogP contribution in [0, 0.1) is 5.41 Å². The van der Waals surface area contributed by atoms with Gasteiger partial charge in [-0.3, -0.25) is 14.4 Å². The molecule has 3 N–H and O–H groups in total. The van der Waals surface area contributed by atoms with E-state index >= 15 is 0 Å². The molecule has 0 aliphatic rings. The second kappa shape index (κ2) is 11.6. The first kappa shape index (κ1) is 23.0. The SMILES string of the molecule is CC(C)(CC(=O)OCc1ccccc1)[C@@H](O)C(=O)NCCC(=O)NCCS. The molecule has 0 aliphatic carbocycles. The maximum atomic E-state index is 12.1. The van der Waals surface area contributed by atoms with Crippen LogP contribution in [-0.4, -0.2) is 47.8 Å². The Hall–Kier alpha value is -2.06. The predicted octanol–water partition coefficient (Wildman–Crippen LogP) is 1.06. The molecule has 1 rings (SSSR count). The average molecular weight is 397 g/mol. The molecule has 2 amide bonds. The Morgan fingerprint density at radius 2 is 1.81 bits per heavy atom. The molecule has 1 aromatic rings. The highest BCUT2D eigenvalue weighted by atomic mass is 32.1. The molecule has 0 aromatic heterocycles. The minimum absolute atomic E-state index is 0.100. The number of rotatable bonds is 11. The summed E-state index contributed by atoms with van der Waals surface area (Å²) in [5.74, 6) is -0.798. The first-order chi connectivity index (χ1) is 12.8. The zero-order valence-electron chi connectivity index (χ0n) is 15.7. The van der Waals surface area contributed by atoms with Gasteiger partial charge in [0.25, 0.3) is 0 Å². The first-order valence-electron chi connectivity index (χ1n) is 8.79. The summed E-state index contributed by atoms with van der Waals surface area (Å²) in [7, 11) is 0. The second-order valence-corrected chi connectivity index (χ2v) is 7.28.